The number of carbonyl (C=O) groups excluding carboxylic acids is 2. The van der Waals surface area contributed by atoms with E-state index in [1.165, 1.54) is 11.1 Å². The van der Waals surface area contributed by atoms with Crippen molar-refractivity contribution in [3.63, 3.8) is 0 Å². The van der Waals surface area contributed by atoms with Gasteiger partial charge < -0.3 is 15.5 Å². The Morgan fingerprint density at radius 3 is 2.50 bits per heavy atom. The smallest absolute Gasteiger partial charge is 0.360 e. The lowest BCUT2D eigenvalue weighted by atomic mass is 10.1. The van der Waals surface area contributed by atoms with Gasteiger partial charge >= 0.3 is 6.18 Å². The molecule has 0 radical (unpaired) electrons. The van der Waals surface area contributed by atoms with E-state index in [-0.39, 0.29) is 28.2 Å². The maximum Gasteiger partial charge on any atom is 0.405 e. The zero-order valence-corrected chi connectivity index (χ0v) is 24.4. The van der Waals surface area contributed by atoms with Crippen molar-refractivity contribution < 1.29 is 22.8 Å². The van der Waals surface area contributed by atoms with Crippen LogP contribution in [-0.2, 0) is 22.7 Å². The Hall–Kier alpha value is -4.41. The second-order valence-electron chi connectivity index (χ2n) is 9.56. The number of thiazole rings is 1. The average molecular weight is 601 g/mol. The predicted molar refractivity (Wildman–Crippen MR) is 157 cm³/mol. The van der Waals surface area contributed by atoms with Crippen molar-refractivity contribution in [3.8, 4) is 6.07 Å². The van der Waals surface area contributed by atoms with Gasteiger partial charge in [0, 0.05) is 37.7 Å². The second-order valence-corrected chi connectivity index (χ2v) is 10.6. The van der Waals surface area contributed by atoms with E-state index in [0.29, 0.717) is 17.9 Å². The van der Waals surface area contributed by atoms with Gasteiger partial charge in [0.1, 0.15) is 21.8 Å². The van der Waals surface area contributed by atoms with Crippen LogP contribution in [0, 0.1) is 18.3 Å². The summed E-state index contributed by atoms with van der Waals surface area (Å²) in [7, 11) is 3.54. The predicted octanol–water partition coefficient (Wildman–Crippen LogP) is 2.54. The SMILES string of the molecule is CCn1c(=O)/c(=C\Nc2cccc(N(C)C(=O)CN(C)Cc3cccc(C)c3)c2)s/c1=C(/C#N)C(=O)NCC(F)(F)F. The van der Waals surface area contributed by atoms with Crippen molar-refractivity contribution in [2.45, 2.75) is 33.1 Å². The zero-order chi connectivity index (χ0) is 31.0. The van der Waals surface area contributed by atoms with Crippen molar-refractivity contribution in [2.75, 3.05) is 37.4 Å². The molecule has 2 amide bonds. The molecule has 1 aromatic heterocycles. The molecule has 13 heteroatoms. The molecule has 0 saturated heterocycles. The van der Waals surface area contributed by atoms with Gasteiger partial charge in [0.25, 0.3) is 11.5 Å². The zero-order valence-electron chi connectivity index (χ0n) is 23.6. The summed E-state index contributed by atoms with van der Waals surface area (Å²) in [4.78, 5) is 41.6. The quantitative estimate of drug-likeness (QED) is 0.370. The molecule has 1 heterocycles. The Balaban J connectivity index is 1.79. The van der Waals surface area contributed by atoms with Gasteiger partial charge in [0.2, 0.25) is 5.91 Å². The number of rotatable bonds is 10. The Labute approximate surface area is 244 Å². The number of hydrogen-bond donors (Lipinski definition) is 2. The van der Waals surface area contributed by atoms with Crippen molar-refractivity contribution in [2.24, 2.45) is 0 Å². The Morgan fingerprint density at radius 2 is 1.86 bits per heavy atom. The fourth-order valence-corrected chi connectivity index (χ4v) is 5.16. The number of benzene rings is 2. The molecule has 3 aromatic rings. The average Bonchev–Trinajstić information content (AvgIpc) is 3.24. The van der Waals surface area contributed by atoms with E-state index in [0.717, 1.165) is 27.0 Å². The Morgan fingerprint density at radius 1 is 1.14 bits per heavy atom. The van der Waals surface area contributed by atoms with E-state index in [2.05, 4.69) is 11.4 Å². The minimum Gasteiger partial charge on any atom is -0.360 e. The number of nitrogens with zero attached hydrogens (tertiary/aromatic N) is 4. The first kappa shape index (κ1) is 32.1. The largest absolute Gasteiger partial charge is 0.405 e. The van der Waals surface area contributed by atoms with Gasteiger partial charge in [-0.05, 0) is 44.7 Å². The fourth-order valence-electron chi connectivity index (χ4n) is 4.07. The molecule has 0 aliphatic carbocycles. The van der Waals surface area contributed by atoms with Crippen LogP contribution in [0.15, 0.2) is 53.3 Å². The maximum absolute atomic E-state index is 13.0. The van der Waals surface area contributed by atoms with Crippen molar-refractivity contribution in [1.82, 2.24) is 14.8 Å². The van der Waals surface area contributed by atoms with Crippen molar-refractivity contribution >= 4 is 46.3 Å². The molecule has 0 aliphatic heterocycles. The number of aromatic nitrogens is 1. The number of alkyl halides is 3. The third kappa shape index (κ3) is 8.55. The van der Waals surface area contributed by atoms with Gasteiger partial charge in [-0.1, -0.05) is 35.9 Å². The first-order valence-corrected chi connectivity index (χ1v) is 13.7. The topological polar surface area (TPSA) is 110 Å². The number of aryl methyl sites for hydroxylation is 1. The molecular weight excluding hydrogens is 569 g/mol. The molecule has 0 unspecified atom stereocenters. The minimum atomic E-state index is -4.65. The van der Waals surface area contributed by atoms with E-state index in [1.807, 2.05) is 37.1 Å². The summed E-state index contributed by atoms with van der Waals surface area (Å²) in [5, 5.41) is 14.1. The van der Waals surface area contributed by atoms with Crippen LogP contribution < -0.4 is 30.3 Å². The van der Waals surface area contributed by atoms with Gasteiger partial charge in [-0.15, -0.1) is 11.3 Å². The van der Waals surface area contributed by atoms with Crippen LogP contribution in [0.2, 0.25) is 0 Å². The Kier molecular flexibility index (Phi) is 10.7. The highest BCUT2D eigenvalue weighted by Crippen LogP contribution is 2.19. The van der Waals surface area contributed by atoms with Crippen LogP contribution in [0.5, 0.6) is 0 Å². The third-order valence-corrected chi connectivity index (χ3v) is 7.27. The molecule has 2 aromatic carbocycles. The summed E-state index contributed by atoms with van der Waals surface area (Å²) < 4.78 is 38.8. The summed E-state index contributed by atoms with van der Waals surface area (Å²) in [6, 6.07) is 16.7. The number of likely N-dealkylation sites (N-methyl/N-ethyl adjacent to an activating group) is 2. The molecule has 0 aliphatic rings. The third-order valence-electron chi connectivity index (χ3n) is 6.14. The molecule has 0 atom stereocenters. The van der Waals surface area contributed by atoms with Gasteiger partial charge in [-0.2, -0.15) is 18.4 Å². The number of amides is 2. The lowest BCUT2D eigenvalue weighted by Crippen LogP contribution is -2.37. The highest BCUT2D eigenvalue weighted by molar-refractivity contribution is 7.07. The van der Waals surface area contributed by atoms with Gasteiger partial charge in [-0.3, -0.25) is 23.9 Å². The minimum absolute atomic E-state index is 0.0495. The summed E-state index contributed by atoms with van der Waals surface area (Å²) in [5.74, 6) is -1.34. The maximum atomic E-state index is 13.0. The van der Waals surface area contributed by atoms with Crippen molar-refractivity contribution in [1.29, 1.82) is 5.26 Å². The van der Waals surface area contributed by atoms with Crippen molar-refractivity contribution in [3.05, 3.63) is 79.2 Å². The molecule has 2 N–H and O–H groups in total. The number of hydrogen-bond acceptors (Lipinski definition) is 7. The number of carbonyl (C=O) groups is 2. The summed E-state index contributed by atoms with van der Waals surface area (Å²) in [6.45, 7) is 2.93. The van der Waals surface area contributed by atoms with Crippen LogP contribution in [-0.4, -0.2) is 54.6 Å². The fraction of sp³-hybridized carbons (Fsp3) is 0.310. The van der Waals surface area contributed by atoms with E-state index in [1.54, 1.807) is 49.6 Å². The van der Waals surface area contributed by atoms with Crippen LogP contribution in [0.1, 0.15) is 18.1 Å². The molecule has 9 nitrogen and oxygen atoms in total. The highest BCUT2D eigenvalue weighted by atomic mass is 32.1. The molecule has 42 heavy (non-hydrogen) atoms. The Bertz CT molecular complexity index is 1670. The summed E-state index contributed by atoms with van der Waals surface area (Å²) >= 11 is 0.809. The van der Waals surface area contributed by atoms with Crippen LogP contribution in [0.4, 0.5) is 24.5 Å². The summed E-state index contributed by atoms with van der Waals surface area (Å²) in [5.41, 5.74) is 2.33. The highest BCUT2D eigenvalue weighted by Gasteiger charge is 2.29. The molecular formula is C29H31F3N6O3S. The van der Waals surface area contributed by atoms with Crippen LogP contribution in [0.25, 0.3) is 11.8 Å². The molecule has 0 spiro atoms. The van der Waals surface area contributed by atoms with E-state index < -0.39 is 29.8 Å². The monoisotopic (exact) mass is 600 g/mol. The van der Waals surface area contributed by atoms with E-state index >= 15 is 0 Å². The van der Waals surface area contributed by atoms with Crippen LogP contribution in [0.3, 0.4) is 0 Å². The second kappa shape index (κ2) is 14.0. The van der Waals surface area contributed by atoms with E-state index in [9.17, 15) is 32.8 Å². The normalized spacial score (nSPS) is 12.6. The molecule has 0 bridgehead atoms. The number of halogens is 3. The molecule has 0 saturated carbocycles. The first-order chi connectivity index (χ1) is 19.8. The van der Waals surface area contributed by atoms with E-state index in [4.69, 9.17) is 0 Å². The molecule has 222 valence electrons. The van der Waals surface area contributed by atoms with Crippen LogP contribution >= 0.6 is 11.3 Å². The first-order valence-electron chi connectivity index (χ1n) is 12.9. The molecule has 0 fully saturated rings. The summed E-state index contributed by atoms with van der Waals surface area (Å²) in [6.07, 6.45) is -3.26. The number of nitrogens with one attached hydrogen (secondary N) is 2. The number of nitriles is 1. The lowest BCUT2D eigenvalue weighted by Gasteiger charge is -2.22. The standard InChI is InChI=1S/C29H31F3N6O3S/c1-5-38-27(41)24(42-28(38)23(14-33)26(40)35-18-29(30,31)32)15-34-21-10-7-11-22(13-21)37(4)25(39)17-36(3)16-20-9-6-8-19(2)12-20/h6-13,15,34H,5,16-18H2,1-4H3,(H,35,40)/b24-15+,28-23-. The van der Waals surface area contributed by atoms with Gasteiger partial charge in [0.05, 0.1) is 6.54 Å². The van der Waals surface area contributed by atoms with Gasteiger partial charge in [-0.25, -0.2) is 0 Å². The lowest BCUT2D eigenvalue weighted by molar-refractivity contribution is -0.135. The number of anilines is 2. The molecule has 3 rings (SSSR count). The van der Waals surface area contributed by atoms with Gasteiger partial charge in [0.15, 0.2) is 5.57 Å².